The van der Waals surface area contributed by atoms with Gasteiger partial charge in [0.2, 0.25) is 0 Å². The minimum absolute atomic E-state index is 0.205. The quantitative estimate of drug-likeness (QED) is 0.835. The zero-order chi connectivity index (χ0) is 11.8. The Balaban J connectivity index is 2.03. The first kappa shape index (κ1) is 10.2. The number of aromatic nitrogens is 3. The van der Waals surface area contributed by atoms with Gasteiger partial charge in [0.15, 0.2) is 11.5 Å². The second-order valence-corrected chi connectivity index (χ2v) is 4.06. The smallest absolute Gasteiger partial charge is 0.337 e. The van der Waals surface area contributed by atoms with Gasteiger partial charge in [-0.15, -0.1) is 0 Å². The third-order valence-corrected chi connectivity index (χ3v) is 2.89. The highest BCUT2D eigenvalue weighted by atomic mass is 16.5. The zero-order valence-corrected chi connectivity index (χ0v) is 9.04. The molecule has 88 valence electrons. The molecule has 1 aliphatic heterocycles. The highest BCUT2D eigenvalue weighted by molar-refractivity contribution is 5.87. The molecule has 0 bridgehead atoms. The minimum Gasteiger partial charge on any atom is -0.478 e. The molecule has 1 aliphatic rings. The Morgan fingerprint density at radius 2 is 2.41 bits per heavy atom. The molecule has 0 amide bonds. The van der Waals surface area contributed by atoms with Crippen molar-refractivity contribution in [3.63, 3.8) is 0 Å². The Morgan fingerprint density at radius 3 is 3.12 bits per heavy atom. The van der Waals surface area contributed by atoms with Gasteiger partial charge in [-0.1, -0.05) is 0 Å². The van der Waals surface area contributed by atoms with Crippen LogP contribution in [0.2, 0.25) is 0 Å². The lowest BCUT2D eigenvalue weighted by Crippen LogP contribution is -2.01. The van der Waals surface area contributed by atoms with Gasteiger partial charge in [0.05, 0.1) is 12.2 Å². The van der Waals surface area contributed by atoms with Crippen LogP contribution in [0.4, 0.5) is 0 Å². The highest BCUT2D eigenvalue weighted by Gasteiger charge is 2.22. The molecule has 2 aromatic heterocycles. The first-order valence-corrected chi connectivity index (χ1v) is 5.41. The number of nitrogens with zero attached hydrogens (tertiary/aromatic N) is 3. The van der Waals surface area contributed by atoms with Crippen LogP contribution >= 0.6 is 0 Å². The Bertz CT molecular complexity index is 572. The van der Waals surface area contributed by atoms with Crippen LogP contribution in [-0.4, -0.2) is 38.9 Å². The topological polar surface area (TPSA) is 76.7 Å². The molecule has 3 heterocycles. The van der Waals surface area contributed by atoms with Crippen molar-refractivity contribution < 1.29 is 14.6 Å². The Hall–Kier alpha value is -1.95. The summed E-state index contributed by atoms with van der Waals surface area (Å²) in [6.45, 7) is 1.38. The van der Waals surface area contributed by atoms with Crippen LogP contribution in [0.3, 0.4) is 0 Å². The van der Waals surface area contributed by atoms with Crippen LogP contribution in [-0.2, 0) is 4.74 Å². The molecule has 0 radical (unpaired) electrons. The molecule has 6 heteroatoms. The first-order chi connectivity index (χ1) is 8.24. The van der Waals surface area contributed by atoms with Crippen molar-refractivity contribution in [1.82, 2.24) is 14.6 Å². The van der Waals surface area contributed by atoms with E-state index in [1.165, 1.54) is 16.8 Å². The number of pyridine rings is 1. The summed E-state index contributed by atoms with van der Waals surface area (Å²) >= 11 is 0. The van der Waals surface area contributed by atoms with E-state index in [9.17, 15) is 4.79 Å². The van der Waals surface area contributed by atoms with E-state index in [1.54, 1.807) is 6.07 Å². The van der Waals surface area contributed by atoms with Gasteiger partial charge in [-0.05, 0) is 18.6 Å². The van der Waals surface area contributed by atoms with E-state index in [2.05, 4.69) is 10.1 Å². The molecule has 17 heavy (non-hydrogen) atoms. The summed E-state index contributed by atoms with van der Waals surface area (Å²) in [5.41, 5.74) is 0.869. The molecule has 1 fully saturated rings. The van der Waals surface area contributed by atoms with Crippen LogP contribution < -0.4 is 0 Å². The predicted molar refractivity (Wildman–Crippen MR) is 58.1 cm³/mol. The van der Waals surface area contributed by atoms with Gasteiger partial charge in [-0.25, -0.2) is 14.3 Å². The van der Waals surface area contributed by atoms with E-state index in [0.29, 0.717) is 12.3 Å². The Morgan fingerprint density at radius 1 is 1.53 bits per heavy atom. The number of hydrogen-bond donors (Lipinski definition) is 1. The van der Waals surface area contributed by atoms with Crippen LogP contribution in [0.15, 0.2) is 18.3 Å². The zero-order valence-electron chi connectivity index (χ0n) is 9.04. The Kier molecular flexibility index (Phi) is 2.29. The molecule has 3 rings (SSSR count). The summed E-state index contributed by atoms with van der Waals surface area (Å²) in [4.78, 5) is 15.2. The average Bonchev–Trinajstić information content (AvgIpc) is 2.96. The maximum absolute atomic E-state index is 10.8. The average molecular weight is 233 g/mol. The molecule has 0 aliphatic carbocycles. The number of fused-ring (bicyclic) bond motifs is 1. The maximum atomic E-state index is 10.8. The molecule has 2 aromatic rings. The summed E-state index contributed by atoms with van der Waals surface area (Å²) in [6, 6.07) is 3.19. The van der Waals surface area contributed by atoms with Gasteiger partial charge >= 0.3 is 5.97 Å². The maximum Gasteiger partial charge on any atom is 0.337 e. The van der Waals surface area contributed by atoms with Crippen LogP contribution in [0.1, 0.15) is 28.5 Å². The first-order valence-electron chi connectivity index (χ1n) is 5.41. The molecule has 1 atom stereocenters. The van der Waals surface area contributed by atoms with E-state index < -0.39 is 5.97 Å². The van der Waals surface area contributed by atoms with Crippen LogP contribution in [0.5, 0.6) is 0 Å². The number of carboxylic acid groups (broad SMARTS) is 1. The molecule has 1 saturated heterocycles. The number of carboxylic acids is 1. The summed E-state index contributed by atoms with van der Waals surface area (Å²) in [5, 5.41) is 13.2. The summed E-state index contributed by atoms with van der Waals surface area (Å²) in [6.07, 6.45) is 2.40. The Labute approximate surface area is 96.8 Å². The highest BCUT2D eigenvalue weighted by Crippen LogP contribution is 2.22. The third kappa shape index (κ3) is 1.76. The molecule has 6 nitrogen and oxygen atoms in total. The van der Waals surface area contributed by atoms with Crippen molar-refractivity contribution >= 4 is 11.6 Å². The summed E-state index contributed by atoms with van der Waals surface area (Å²) in [5.74, 6) is -0.0126. The fourth-order valence-electron chi connectivity index (χ4n) is 1.94. The largest absolute Gasteiger partial charge is 0.478 e. The predicted octanol–water partition coefficient (Wildman–Crippen LogP) is 0.931. The van der Waals surface area contributed by atoms with E-state index in [1.807, 2.05) is 0 Å². The monoisotopic (exact) mass is 233 g/mol. The normalized spacial score (nSPS) is 19.9. The lowest BCUT2D eigenvalue weighted by atomic mass is 10.1. The number of rotatable bonds is 2. The van der Waals surface area contributed by atoms with Gasteiger partial charge in [-0.3, -0.25) is 0 Å². The SMILES string of the molecule is O=C(O)c1ccc2nc(C3CCOC3)nn2c1. The molecule has 1 unspecified atom stereocenters. The molecule has 1 N–H and O–H groups in total. The van der Waals surface area contributed by atoms with E-state index in [4.69, 9.17) is 9.84 Å². The molecule has 0 spiro atoms. The van der Waals surface area contributed by atoms with E-state index >= 15 is 0 Å². The molecular formula is C11H11N3O3. The van der Waals surface area contributed by atoms with Crippen molar-refractivity contribution in [2.45, 2.75) is 12.3 Å². The van der Waals surface area contributed by atoms with Gasteiger partial charge in [-0.2, -0.15) is 5.10 Å². The van der Waals surface area contributed by atoms with E-state index in [0.717, 1.165) is 18.9 Å². The van der Waals surface area contributed by atoms with Crippen molar-refractivity contribution in [2.24, 2.45) is 0 Å². The van der Waals surface area contributed by atoms with Crippen LogP contribution in [0, 0.1) is 0 Å². The minimum atomic E-state index is -0.965. The third-order valence-electron chi connectivity index (χ3n) is 2.89. The second kappa shape index (κ2) is 3.81. The van der Waals surface area contributed by atoms with Gasteiger partial charge < -0.3 is 9.84 Å². The lowest BCUT2D eigenvalue weighted by Gasteiger charge is -1.98. The van der Waals surface area contributed by atoms with Gasteiger partial charge in [0.1, 0.15) is 0 Å². The van der Waals surface area contributed by atoms with Crippen LogP contribution in [0.25, 0.3) is 5.65 Å². The van der Waals surface area contributed by atoms with E-state index in [-0.39, 0.29) is 11.5 Å². The van der Waals surface area contributed by atoms with Crippen molar-refractivity contribution in [2.75, 3.05) is 13.2 Å². The van der Waals surface area contributed by atoms with Crippen molar-refractivity contribution in [3.05, 3.63) is 29.7 Å². The number of ether oxygens (including phenoxy) is 1. The number of hydrogen-bond acceptors (Lipinski definition) is 4. The van der Waals surface area contributed by atoms with Gasteiger partial charge in [0, 0.05) is 18.7 Å². The fraction of sp³-hybridized carbons (Fsp3) is 0.364. The number of aromatic carboxylic acids is 1. The summed E-state index contributed by atoms with van der Waals surface area (Å²) in [7, 11) is 0. The fourth-order valence-corrected chi connectivity index (χ4v) is 1.94. The molecule has 0 saturated carbocycles. The summed E-state index contributed by atoms with van der Waals surface area (Å²) < 4.78 is 6.80. The van der Waals surface area contributed by atoms with Crippen molar-refractivity contribution in [1.29, 1.82) is 0 Å². The standard InChI is InChI=1S/C11H11N3O3/c15-11(16)7-1-2-9-12-10(13-14(9)5-7)8-3-4-17-6-8/h1-2,5,8H,3-4,6H2,(H,15,16). The second-order valence-electron chi connectivity index (χ2n) is 4.06. The van der Waals surface area contributed by atoms with Crippen molar-refractivity contribution in [3.8, 4) is 0 Å². The van der Waals surface area contributed by atoms with Gasteiger partial charge in [0.25, 0.3) is 0 Å². The molecular weight excluding hydrogens is 222 g/mol. The molecule has 0 aromatic carbocycles. The number of carbonyl (C=O) groups is 1. The lowest BCUT2D eigenvalue weighted by molar-refractivity contribution is 0.0696.